The molecule has 0 fully saturated rings. The van der Waals surface area contributed by atoms with Crippen LogP contribution in [0.4, 0.5) is 0 Å². The Morgan fingerprint density at radius 1 is 0.657 bits per heavy atom. The van der Waals surface area contributed by atoms with Crippen molar-refractivity contribution in [3.63, 3.8) is 0 Å². The average Bonchev–Trinajstić information content (AvgIpc) is 2.84. The Hall–Kier alpha value is -2.55. The summed E-state index contributed by atoms with van der Waals surface area (Å²) >= 11 is 0. The fraction of sp³-hybridized carbons (Fsp3) is 0.531. The summed E-state index contributed by atoms with van der Waals surface area (Å²) < 4.78 is 11.3. The van der Waals surface area contributed by atoms with Crippen LogP contribution in [-0.2, 0) is 9.53 Å². The summed E-state index contributed by atoms with van der Waals surface area (Å²) in [6, 6.07) is 19.4. The second-order valence-electron chi connectivity index (χ2n) is 10.1. The Labute approximate surface area is 212 Å². The van der Waals surface area contributed by atoms with Gasteiger partial charge in [-0.1, -0.05) is 101 Å². The van der Waals surface area contributed by atoms with Gasteiger partial charge in [-0.3, -0.25) is 4.79 Å². The van der Waals surface area contributed by atoms with Crippen molar-refractivity contribution in [2.24, 2.45) is 0 Å². The summed E-state index contributed by atoms with van der Waals surface area (Å²) in [6.07, 6.45) is 15.6. The predicted molar refractivity (Wildman–Crippen MR) is 148 cm³/mol. The molecule has 0 radical (unpaired) electrons. The maximum absolute atomic E-state index is 11.5. The number of carbonyl (C=O) groups is 1. The lowest BCUT2D eigenvalue weighted by Gasteiger charge is -2.10. The zero-order chi connectivity index (χ0) is 24.7. The van der Waals surface area contributed by atoms with E-state index in [0.29, 0.717) is 6.42 Å². The van der Waals surface area contributed by atoms with Crippen molar-refractivity contribution < 1.29 is 14.3 Å². The van der Waals surface area contributed by atoms with Gasteiger partial charge in [-0.05, 0) is 61.0 Å². The first-order chi connectivity index (χ1) is 17.1. The Bertz CT molecular complexity index is 1020. The summed E-state index contributed by atoms with van der Waals surface area (Å²) in [5.41, 5.74) is 0. The maximum Gasteiger partial charge on any atom is 0.306 e. The molecule has 0 aliphatic heterocycles. The number of hydrogen-bond donors (Lipinski definition) is 0. The topological polar surface area (TPSA) is 35.5 Å². The largest absolute Gasteiger partial charge is 0.493 e. The van der Waals surface area contributed by atoms with Crippen LogP contribution in [0.2, 0.25) is 0 Å². The molecule has 0 unspecified atom stereocenters. The Kier molecular flexibility index (Phi) is 11.9. The fourth-order valence-electron chi connectivity index (χ4n) is 4.71. The summed E-state index contributed by atoms with van der Waals surface area (Å²) in [4.78, 5) is 11.5. The molecular weight excluding hydrogens is 432 g/mol. The van der Waals surface area contributed by atoms with E-state index < -0.39 is 0 Å². The van der Waals surface area contributed by atoms with Crippen LogP contribution in [0.15, 0.2) is 54.6 Å². The predicted octanol–water partition coefficient (Wildman–Crippen LogP) is 9.39. The van der Waals surface area contributed by atoms with E-state index >= 15 is 0 Å². The van der Waals surface area contributed by atoms with Crippen LogP contribution in [0, 0.1) is 0 Å². The van der Waals surface area contributed by atoms with Gasteiger partial charge >= 0.3 is 5.97 Å². The molecule has 0 aromatic heterocycles. The highest BCUT2D eigenvalue weighted by molar-refractivity contribution is 6.00. The van der Waals surface area contributed by atoms with Gasteiger partial charge in [0.1, 0.15) is 5.75 Å². The molecule has 0 atom stereocenters. The smallest absolute Gasteiger partial charge is 0.306 e. The first kappa shape index (κ1) is 27.0. The number of hydrogen-bond acceptors (Lipinski definition) is 3. The molecule has 3 rings (SSSR count). The fourth-order valence-corrected chi connectivity index (χ4v) is 4.71. The minimum absolute atomic E-state index is 0.00674. The number of ether oxygens (including phenoxy) is 2. The average molecular weight is 477 g/mol. The number of carbonyl (C=O) groups excluding carboxylic acids is 1. The van der Waals surface area contributed by atoms with Gasteiger partial charge in [-0.15, -0.1) is 0 Å². The molecule has 35 heavy (non-hydrogen) atoms. The number of rotatable bonds is 17. The van der Waals surface area contributed by atoms with E-state index in [1.165, 1.54) is 79.3 Å². The van der Waals surface area contributed by atoms with Crippen LogP contribution in [0.25, 0.3) is 21.5 Å². The van der Waals surface area contributed by atoms with Crippen LogP contribution in [0.3, 0.4) is 0 Å². The van der Waals surface area contributed by atoms with Crippen molar-refractivity contribution in [2.75, 3.05) is 6.61 Å². The molecule has 3 aromatic carbocycles. The van der Waals surface area contributed by atoms with Crippen LogP contribution in [-0.4, -0.2) is 18.7 Å². The zero-order valence-corrected chi connectivity index (χ0v) is 21.9. The van der Waals surface area contributed by atoms with Gasteiger partial charge in [-0.2, -0.15) is 0 Å². The molecule has 0 aliphatic carbocycles. The van der Waals surface area contributed by atoms with Crippen molar-refractivity contribution in [1.29, 1.82) is 0 Å². The lowest BCUT2D eigenvalue weighted by atomic mass is 10.0. The summed E-state index contributed by atoms with van der Waals surface area (Å²) in [5, 5.41) is 4.99. The number of unbranched alkanes of at least 4 members (excludes halogenated alkanes) is 11. The van der Waals surface area contributed by atoms with E-state index in [-0.39, 0.29) is 12.1 Å². The molecule has 0 saturated carbocycles. The van der Waals surface area contributed by atoms with Crippen molar-refractivity contribution in [2.45, 2.75) is 103 Å². The van der Waals surface area contributed by atoms with E-state index in [0.717, 1.165) is 31.6 Å². The molecule has 3 aromatic rings. The van der Waals surface area contributed by atoms with Gasteiger partial charge in [0.05, 0.1) is 12.7 Å². The number of benzene rings is 3. The minimum atomic E-state index is -0.0474. The quantitative estimate of drug-likeness (QED) is 0.111. The van der Waals surface area contributed by atoms with E-state index in [1.807, 2.05) is 13.8 Å². The Balaban J connectivity index is 1.17. The third-order valence-corrected chi connectivity index (χ3v) is 6.61. The highest BCUT2D eigenvalue weighted by Crippen LogP contribution is 2.30. The lowest BCUT2D eigenvalue weighted by molar-refractivity contribution is -0.147. The standard InChI is InChI=1S/C32H44O3/c1-26(2)35-32(33)22-13-11-9-7-5-3-4-6-8-10-12-16-23-34-31-21-17-20-29-24-27-18-14-15-19-28(27)25-30(29)31/h14-15,17-21,24-26H,3-13,16,22-23H2,1-2H3. The van der Waals surface area contributed by atoms with Gasteiger partial charge < -0.3 is 9.47 Å². The molecule has 3 nitrogen and oxygen atoms in total. The summed E-state index contributed by atoms with van der Waals surface area (Å²) in [5.74, 6) is 0.956. The second kappa shape index (κ2) is 15.4. The van der Waals surface area contributed by atoms with Gasteiger partial charge in [0.15, 0.2) is 0 Å². The highest BCUT2D eigenvalue weighted by Gasteiger charge is 2.05. The highest BCUT2D eigenvalue weighted by atomic mass is 16.5. The van der Waals surface area contributed by atoms with Crippen LogP contribution < -0.4 is 4.74 Å². The first-order valence-electron chi connectivity index (χ1n) is 13.9. The molecule has 0 bridgehead atoms. The zero-order valence-electron chi connectivity index (χ0n) is 21.9. The Morgan fingerprint density at radius 2 is 1.20 bits per heavy atom. The molecule has 0 N–H and O–H groups in total. The lowest BCUT2D eigenvalue weighted by Crippen LogP contribution is -2.10. The SMILES string of the molecule is CC(C)OC(=O)CCCCCCCCCCCCCCOc1cccc2cc3ccccc3cc12. The summed E-state index contributed by atoms with van der Waals surface area (Å²) in [6.45, 7) is 4.60. The monoisotopic (exact) mass is 476 g/mol. The molecule has 190 valence electrons. The van der Waals surface area contributed by atoms with Crippen molar-refractivity contribution in [3.05, 3.63) is 54.6 Å². The first-order valence-corrected chi connectivity index (χ1v) is 13.9. The normalized spacial score (nSPS) is 11.4. The molecular formula is C32H44O3. The van der Waals surface area contributed by atoms with Crippen molar-refractivity contribution in [3.8, 4) is 5.75 Å². The molecule has 0 amide bonds. The van der Waals surface area contributed by atoms with Gasteiger partial charge in [0.25, 0.3) is 0 Å². The van der Waals surface area contributed by atoms with E-state index in [2.05, 4.69) is 54.6 Å². The van der Waals surface area contributed by atoms with Gasteiger partial charge in [0.2, 0.25) is 0 Å². The van der Waals surface area contributed by atoms with Gasteiger partial charge in [0, 0.05) is 11.8 Å². The molecule has 0 spiro atoms. The maximum atomic E-state index is 11.5. The third-order valence-electron chi connectivity index (χ3n) is 6.61. The molecule has 0 aliphatic rings. The molecule has 3 heteroatoms. The van der Waals surface area contributed by atoms with Crippen LogP contribution >= 0.6 is 0 Å². The van der Waals surface area contributed by atoms with E-state index in [1.54, 1.807) is 0 Å². The van der Waals surface area contributed by atoms with Gasteiger partial charge in [-0.25, -0.2) is 0 Å². The van der Waals surface area contributed by atoms with Crippen LogP contribution in [0.5, 0.6) is 5.75 Å². The van der Waals surface area contributed by atoms with Crippen LogP contribution in [0.1, 0.15) is 97.3 Å². The number of esters is 1. The van der Waals surface area contributed by atoms with Crippen molar-refractivity contribution >= 4 is 27.5 Å². The minimum Gasteiger partial charge on any atom is -0.493 e. The Morgan fingerprint density at radius 3 is 1.83 bits per heavy atom. The van der Waals surface area contributed by atoms with Crippen molar-refractivity contribution in [1.82, 2.24) is 0 Å². The summed E-state index contributed by atoms with van der Waals surface area (Å²) in [7, 11) is 0. The number of fused-ring (bicyclic) bond motifs is 2. The van der Waals surface area contributed by atoms with E-state index in [9.17, 15) is 4.79 Å². The van der Waals surface area contributed by atoms with E-state index in [4.69, 9.17) is 9.47 Å². The molecule has 0 saturated heterocycles. The third kappa shape index (κ3) is 9.92. The molecule has 0 heterocycles. The second-order valence-corrected chi connectivity index (χ2v) is 10.1.